The molecule has 98 valence electrons. The molecule has 3 atom stereocenters. The lowest BCUT2D eigenvalue weighted by Gasteiger charge is -2.19. The van der Waals surface area contributed by atoms with Crippen LogP contribution in [0.25, 0.3) is 0 Å². The van der Waals surface area contributed by atoms with Crippen molar-refractivity contribution in [3.05, 3.63) is 35.4 Å². The Labute approximate surface area is 108 Å². The van der Waals surface area contributed by atoms with Crippen LogP contribution in [0, 0.1) is 11.3 Å². The van der Waals surface area contributed by atoms with Gasteiger partial charge in [-0.1, -0.05) is 24.3 Å². The Morgan fingerprint density at radius 3 is 2.33 bits per heavy atom. The average Bonchev–Trinajstić information content (AvgIpc) is 2.37. The summed E-state index contributed by atoms with van der Waals surface area (Å²) in [4.78, 5) is 0. The van der Waals surface area contributed by atoms with E-state index in [0.717, 1.165) is 11.1 Å². The van der Waals surface area contributed by atoms with Gasteiger partial charge in [0.15, 0.2) is 6.10 Å². The largest absolute Gasteiger partial charge is 0.391 e. The molecule has 0 aliphatic rings. The highest BCUT2D eigenvalue weighted by Gasteiger charge is 2.17. The van der Waals surface area contributed by atoms with E-state index < -0.39 is 12.2 Å². The molecule has 1 rings (SSSR count). The maximum absolute atomic E-state index is 9.38. The second-order valence-electron chi connectivity index (χ2n) is 4.27. The van der Waals surface area contributed by atoms with E-state index in [1.807, 2.05) is 24.3 Å². The monoisotopic (exact) mass is 249 g/mol. The van der Waals surface area contributed by atoms with E-state index in [-0.39, 0.29) is 6.10 Å². The van der Waals surface area contributed by atoms with Crippen LogP contribution in [0.15, 0.2) is 24.3 Å². The Morgan fingerprint density at radius 2 is 1.89 bits per heavy atom. The van der Waals surface area contributed by atoms with Crippen LogP contribution in [0.4, 0.5) is 0 Å². The van der Waals surface area contributed by atoms with Crippen molar-refractivity contribution in [3.63, 3.8) is 0 Å². The van der Waals surface area contributed by atoms with E-state index in [0.29, 0.717) is 6.61 Å². The van der Waals surface area contributed by atoms with Crippen LogP contribution in [0.2, 0.25) is 0 Å². The third kappa shape index (κ3) is 4.11. The molecule has 0 aliphatic carbocycles. The van der Waals surface area contributed by atoms with Crippen molar-refractivity contribution in [2.75, 3.05) is 7.11 Å². The van der Waals surface area contributed by atoms with Crippen LogP contribution < -0.4 is 0 Å². The second-order valence-corrected chi connectivity index (χ2v) is 4.27. The molecule has 0 aliphatic heterocycles. The number of rotatable bonds is 6. The molecule has 0 radical (unpaired) electrons. The van der Waals surface area contributed by atoms with E-state index in [2.05, 4.69) is 6.07 Å². The number of aliphatic hydroxyl groups is 1. The summed E-state index contributed by atoms with van der Waals surface area (Å²) in [6.45, 7) is 3.93. The van der Waals surface area contributed by atoms with Gasteiger partial charge in [-0.25, -0.2) is 0 Å². The maximum atomic E-state index is 9.38. The highest BCUT2D eigenvalue weighted by Crippen LogP contribution is 2.20. The Hall–Kier alpha value is -1.41. The number of benzene rings is 1. The first kappa shape index (κ1) is 14.7. The maximum Gasteiger partial charge on any atom is 0.169 e. The number of hydrogen-bond donors (Lipinski definition) is 1. The van der Waals surface area contributed by atoms with Crippen molar-refractivity contribution in [3.8, 4) is 6.07 Å². The second kappa shape index (κ2) is 7.12. The third-order valence-corrected chi connectivity index (χ3v) is 2.74. The van der Waals surface area contributed by atoms with E-state index in [1.165, 1.54) is 0 Å². The zero-order valence-electron chi connectivity index (χ0n) is 11.0. The summed E-state index contributed by atoms with van der Waals surface area (Å²) >= 11 is 0. The molecule has 3 unspecified atom stereocenters. The highest BCUT2D eigenvalue weighted by atomic mass is 16.5. The minimum Gasteiger partial charge on any atom is -0.391 e. The van der Waals surface area contributed by atoms with Crippen LogP contribution in [0.1, 0.15) is 31.1 Å². The van der Waals surface area contributed by atoms with Crippen LogP contribution in [0.3, 0.4) is 0 Å². The number of ether oxygens (including phenoxy) is 2. The molecule has 0 saturated heterocycles. The van der Waals surface area contributed by atoms with E-state index in [9.17, 15) is 5.11 Å². The lowest BCUT2D eigenvalue weighted by atomic mass is 10.1. The Kier molecular flexibility index (Phi) is 5.79. The molecule has 1 aromatic carbocycles. The number of nitrogens with zero attached hydrogens (tertiary/aromatic N) is 1. The lowest BCUT2D eigenvalue weighted by Crippen LogP contribution is -2.24. The SMILES string of the molecule is COCc1ccc(C(C#N)OC(C)C(C)O)cc1. The summed E-state index contributed by atoms with van der Waals surface area (Å²) in [7, 11) is 1.64. The number of methoxy groups -OCH3 is 1. The van der Waals surface area contributed by atoms with Gasteiger partial charge in [-0.05, 0) is 25.0 Å². The molecule has 4 heteroatoms. The first-order chi connectivity index (χ1) is 8.58. The van der Waals surface area contributed by atoms with Gasteiger partial charge in [0, 0.05) is 7.11 Å². The fraction of sp³-hybridized carbons (Fsp3) is 0.500. The summed E-state index contributed by atoms with van der Waals surface area (Å²) in [5, 5.41) is 18.5. The minimum absolute atomic E-state index is 0.381. The van der Waals surface area contributed by atoms with Gasteiger partial charge < -0.3 is 14.6 Å². The molecule has 0 fully saturated rings. The quantitative estimate of drug-likeness (QED) is 0.839. The average molecular weight is 249 g/mol. The van der Waals surface area contributed by atoms with Crippen LogP contribution in [0.5, 0.6) is 0 Å². The van der Waals surface area contributed by atoms with Crippen LogP contribution >= 0.6 is 0 Å². The molecule has 1 aromatic rings. The van der Waals surface area contributed by atoms with Crippen molar-refractivity contribution < 1.29 is 14.6 Å². The van der Waals surface area contributed by atoms with Crippen LogP contribution in [-0.2, 0) is 16.1 Å². The molecule has 0 saturated carbocycles. The van der Waals surface area contributed by atoms with Gasteiger partial charge in [0.05, 0.1) is 24.9 Å². The van der Waals surface area contributed by atoms with Crippen molar-refractivity contribution in [2.45, 2.75) is 38.8 Å². The van der Waals surface area contributed by atoms with Gasteiger partial charge in [-0.2, -0.15) is 5.26 Å². The first-order valence-corrected chi connectivity index (χ1v) is 5.89. The molecule has 0 bridgehead atoms. The van der Waals surface area contributed by atoms with Gasteiger partial charge in [-0.15, -0.1) is 0 Å². The summed E-state index contributed by atoms with van der Waals surface area (Å²) < 4.78 is 10.5. The molecule has 4 nitrogen and oxygen atoms in total. The predicted octanol–water partition coefficient (Wildman–Crippen LogP) is 2.18. The molecule has 0 aromatic heterocycles. The normalized spacial score (nSPS) is 15.7. The molecule has 0 heterocycles. The van der Waals surface area contributed by atoms with E-state index in [1.54, 1.807) is 21.0 Å². The minimum atomic E-state index is -0.661. The van der Waals surface area contributed by atoms with Crippen molar-refractivity contribution in [1.29, 1.82) is 5.26 Å². The first-order valence-electron chi connectivity index (χ1n) is 5.89. The molecular weight excluding hydrogens is 230 g/mol. The molecule has 18 heavy (non-hydrogen) atoms. The molecule has 0 spiro atoms. The van der Waals surface area contributed by atoms with Gasteiger partial charge >= 0.3 is 0 Å². The van der Waals surface area contributed by atoms with Crippen LogP contribution in [-0.4, -0.2) is 24.4 Å². The number of nitriles is 1. The predicted molar refractivity (Wildman–Crippen MR) is 67.7 cm³/mol. The van der Waals surface area contributed by atoms with E-state index >= 15 is 0 Å². The Morgan fingerprint density at radius 1 is 1.28 bits per heavy atom. The fourth-order valence-electron chi connectivity index (χ4n) is 1.47. The third-order valence-electron chi connectivity index (χ3n) is 2.74. The van der Waals surface area contributed by atoms with Gasteiger partial charge in [0.1, 0.15) is 0 Å². The standard InChI is InChI=1S/C14H19NO3/c1-10(16)11(2)18-14(8-15)13-6-4-12(5-7-13)9-17-3/h4-7,10-11,14,16H,9H2,1-3H3. The molecular formula is C14H19NO3. The summed E-state index contributed by atoms with van der Waals surface area (Å²) in [5.74, 6) is 0. The molecule has 0 amide bonds. The Balaban J connectivity index is 2.74. The summed E-state index contributed by atoms with van der Waals surface area (Å²) in [6, 6.07) is 9.58. The summed E-state index contributed by atoms with van der Waals surface area (Å²) in [5.41, 5.74) is 1.83. The smallest absolute Gasteiger partial charge is 0.169 e. The van der Waals surface area contributed by atoms with Crippen molar-refractivity contribution in [2.24, 2.45) is 0 Å². The Bertz CT molecular complexity index is 394. The zero-order valence-corrected chi connectivity index (χ0v) is 11.0. The number of aliphatic hydroxyl groups excluding tert-OH is 1. The number of hydrogen-bond acceptors (Lipinski definition) is 4. The van der Waals surface area contributed by atoms with Gasteiger partial charge in [0.25, 0.3) is 0 Å². The lowest BCUT2D eigenvalue weighted by molar-refractivity contribution is -0.0426. The van der Waals surface area contributed by atoms with E-state index in [4.69, 9.17) is 14.7 Å². The summed E-state index contributed by atoms with van der Waals surface area (Å²) in [6.07, 6.45) is -1.65. The fourth-order valence-corrected chi connectivity index (χ4v) is 1.47. The highest BCUT2D eigenvalue weighted by molar-refractivity contribution is 5.26. The zero-order chi connectivity index (χ0) is 13.5. The topological polar surface area (TPSA) is 62.5 Å². The van der Waals surface area contributed by atoms with Gasteiger partial charge in [0.2, 0.25) is 0 Å². The molecule has 1 N–H and O–H groups in total. The van der Waals surface area contributed by atoms with Gasteiger partial charge in [-0.3, -0.25) is 0 Å². The van der Waals surface area contributed by atoms with Crippen molar-refractivity contribution >= 4 is 0 Å². The van der Waals surface area contributed by atoms with Crippen molar-refractivity contribution in [1.82, 2.24) is 0 Å².